The van der Waals surface area contributed by atoms with Crippen molar-refractivity contribution in [1.82, 2.24) is 4.57 Å². The predicted octanol–water partition coefficient (Wildman–Crippen LogP) is 3.98. The average Bonchev–Trinajstić information content (AvgIpc) is 3.20. The number of methoxy groups -OCH3 is 4. The Morgan fingerprint density at radius 1 is 1.03 bits per heavy atom. The Bertz CT molecular complexity index is 1610. The maximum atomic E-state index is 14.0. The van der Waals surface area contributed by atoms with Crippen LogP contribution in [0.5, 0.6) is 23.0 Å². The van der Waals surface area contributed by atoms with E-state index in [0.717, 1.165) is 4.47 Å². The summed E-state index contributed by atoms with van der Waals surface area (Å²) in [5.41, 5.74) is 1.71. The molecule has 1 aliphatic rings. The minimum atomic E-state index is -0.818. The van der Waals surface area contributed by atoms with E-state index >= 15 is 0 Å². The van der Waals surface area contributed by atoms with Crippen molar-refractivity contribution >= 4 is 39.3 Å². The second-order valence-electron chi connectivity index (χ2n) is 8.88. The smallest absolute Gasteiger partial charge is 0.338 e. The first-order valence-corrected chi connectivity index (χ1v) is 13.6. The zero-order valence-electron chi connectivity index (χ0n) is 22.7. The van der Waals surface area contributed by atoms with Crippen LogP contribution in [-0.2, 0) is 9.53 Å². The third-order valence-corrected chi connectivity index (χ3v) is 7.53. The van der Waals surface area contributed by atoms with Gasteiger partial charge in [0.05, 0.1) is 50.3 Å². The summed E-state index contributed by atoms with van der Waals surface area (Å²) in [7, 11) is 6.13. The quantitative estimate of drug-likeness (QED) is 0.353. The molecule has 1 atom stereocenters. The molecule has 0 unspecified atom stereocenters. The van der Waals surface area contributed by atoms with E-state index in [4.69, 9.17) is 23.7 Å². The fourth-order valence-corrected chi connectivity index (χ4v) is 5.83. The van der Waals surface area contributed by atoms with Crippen molar-refractivity contribution in [1.29, 1.82) is 0 Å². The highest BCUT2D eigenvalue weighted by Crippen LogP contribution is 2.39. The van der Waals surface area contributed by atoms with Gasteiger partial charge in [-0.05, 0) is 62.7 Å². The van der Waals surface area contributed by atoms with E-state index in [1.807, 2.05) is 12.1 Å². The lowest BCUT2D eigenvalue weighted by Crippen LogP contribution is -2.40. The SMILES string of the molecule is COc1ccc(Br)cc1[C@@H]1C(C(=O)OC(C)C)=C(C)N=c2s/c(=C\c3cc(OC)c(OC)c(OC)c3)c(=O)n21. The number of esters is 1. The third-order valence-electron chi connectivity index (χ3n) is 6.06. The summed E-state index contributed by atoms with van der Waals surface area (Å²) in [5, 5.41) is 0. The number of hydrogen-bond acceptors (Lipinski definition) is 9. The molecule has 11 heteroatoms. The standard InChI is InChI=1S/C28H29BrN2O7S/c1-14(2)38-27(33)23-15(3)30-28-31(24(23)18-13-17(29)8-9-19(18)34-4)26(32)22(39-28)12-16-10-20(35-5)25(37-7)21(11-16)36-6/h8-14,24H,1-7H3/b22-12-/t24-/m1/s1. The topological polar surface area (TPSA) is 97.6 Å². The van der Waals surface area contributed by atoms with Crippen molar-refractivity contribution in [2.24, 2.45) is 4.99 Å². The van der Waals surface area contributed by atoms with Crippen LogP contribution >= 0.6 is 27.3 Å². The van der Waals surface area contributed by atoms with Gasteiger partial charge in [0, 0.05) is 10.0 Å². The lowest BCUT2D eigenvalue weighted by atomic mass is 9.95. The van der Waals surface area contributed by atoms with Gasteiger partial charge in [-0.25, -0.2) is 9.79 Å². The molecule has 0 saturated heterocycles. The van der Waals surface area contributed by atoms with Crippen molar-refractivity contribution in [3.63, 3.8) is 0 Å². The Morgan fingerprint density at radius 3 is 2.23 bits per heavy atom. The Kier molecular flexibility index (Phi) is 8.51. The van der Waals surface area contributed by atoms with Crippen LogP contribution in [0.4, 0.5) is 0 Å². The van der Waals surface area contributed by atoms with Crippen LogP contribution < -0.4 is 33.8 Å². The molecule has 0 fully saturated rings. The first kappa shape index (κ1) is 28.4. The first-order valence-electron chi connectivity index (χ1n) is 12.0. The molecule has 0 amide bonds. The molecule has 9 nitrogen and oxygen atoms in total. The monoisotopic (exact) mass is 616 g/mol. The van der Waals surface area contributed by atoms with Gasteiger partial charge in [0.2, 0.25) is 5.75 Å². The highest BCUT2D eigenvalue weighted by molar-refractivity contribution is 9.10. The summed E-state index contributed by atoms with van der Waals surface area (Å²) in [6, 6.07) is 8.14. The number of allylic oxidation sites excluding steroid dienone is 1. The average molecular weight is 618 g/mol. The van der Waals surface area contributed by atoms with Crippen LogP contribution in [0.15, 0.2) is 55.9 Å². The Labute approximate surface area is 238 Å². The summed E-state index contributed by atoms with van der Waals surface area (Å²) in [5.74, 6) is 1.35. The fourth-order valence-electron chi connectivity index (χ4n) is 4.41. The number of hydrogen-bond donors (Lipinski definition) is 0. The number of thiazole rings is 1. The number of nitrogens with zero attached hydrogens (tertiary/aromatic N) is 2. The molecule has 4 rings (SSSR count). The number of halogens is 1. The second kappa shape index (κ2) is 11.7. The van der Waals surface area contributed by atoms with Crippen LogP contribution in [0.3, 0.4) is 0 Å². The van der Waals surface area contributed by atoms with E-state index in [1.54, 1.807) is 52.2 Å². The molecule has 39 heavy (non-hydrogen) atoms. The number of carbonyl (C=O) groups excluding carboxylic acids is 1. The minimum absolute atomic E-state index is 0.270. The molecular formula is C28H29BrN2O7S. The second-order valence-corrected chi connectivity index (χ2v) is 10.8. The van der Waals surface area contributed by atoms with E-state index in [2.05, 4.69) is 20.9 Å². The van der Waals surface area contributed by atoms with E-state index in [9.17, 15) is 9.59 Å². The molecule has 1 aromatic heterocycles. The van der Waals surface area contributed by atoms with E-state index in [-0.39, 0.29) is 17.2 Å². The van der Waals surface area contributed by atoms with Gasteiger partial charge >= 0.3 is 5.97 Å². The Morgan fingerprint density at radius 2 is 1.67 bits per heavy atom. The van der Waals surface area contributed by atoms with Crippen LogP contribution in [-0.4, -0.2) is 45.1 Å². The van der Waals surface area contributed by atoms with Gasteiger partial charge in [0.1, 0.15) is 11.8 Å². The molecule has 2 aromatic carbocycles. The molecule has 0 bridgehead atoms. The van der Waals surface area contributed by atoms with Crippen LogP contribution in [0.25, 0.3) is 6.08 Å². The van der Waals surface area contributed by atoms with E-state index in [0.29, 0.717) is 49.2 Å². The van der Waals surface area contributed by atoms with Gasteiger partial charge in [-0.2, -0.15) is 0 Å². The normalized spacial score (nSPS) is 15.1. The zero-order chi connectivity index (χ0) is 28.4. The number of rotatable bonds is 8. The molecule has 2 heterocycles. The molecule has 3 aromatic rings. The maximum absolute atomic E-state index is 14.0. The highest BCUT2D eigenvalue weighted by atomic mass is 79.9. The maximum Gasteiger partial charge on any atom is 0.338 e. The first-order chi connectivity index (χ1) is 18.6. The summed E-state index contributed by atoms with van der Waals surface area (Å²) in [4.78, 5) is 32.4. The number of carbonyl (C=O) groups is 1. The van der Waals surface area contributed by atoms with Crippen LogP contribution in [0.1, 0.15) is 37.9 Å². The van der Waals surface area contributed by atoms with Crippen LogP contribution in [0.2, 0.25) is 0 Å². The number of fused-ring (bicyclic) bond motifs is 1. The van der Waals surface area contributed by atoms with Crippen molar-refractivity contribution in [3.05, 3.63) is 76.9 Å². The van der Waals surface area contributed by atoms with Gasteiger partial charge in [-0.3, -0.25) is 9.36 Å². The molecular weight excluding hydrogens is 588 g/mol. The molecule has 1 aliphatic heterocycles. The fraction of sp³-hybridized carbons (Fsp3) is 0.321. The molecule has 0 N–H and O–H groups in total. The molecule has 0 spiro atoms. The lowest BCUT2D eigenvalue weighted by Gasteiger charge is -2.26. The zero-order valence-corrected chi connectivity index (χ0v) is 25.1. The molecule has 0 radical (unpaired) electrons. The van der Waals surface area contributed by atoms with Crippen LogP contribution in [0, 0.1) is 0 Å². The van der Waals surface area contributed by atoms with Gasteiger partial charge in [-0.15, -0.1) is 0 Å². The van der Waals surface area contributed by atoms with Gasteiger partial charge in [0.25, 0.3) is 5.56 Å². The molecule has 0 aliphatic carbocycles. The number of ether oxygens (including phenoxy) is 5. The van der Waals surface area contributed by atoms with Gasteiger partial charge in [-0.1, -0.05) is 27.3 Å². The number of aromatic nitrogens is 1. The minimum Gasteiger partial charge on any atom is -0.496 e. The summed E-state index contributed by atoms with van der Waals surface area (Å²) < 4.78 is 30.3. The summed E-state index contributed by atoms with van der Waals surface area (Å²) in [6.45, 7) is 5.29. The highest BCUT2D eigenvalue weighted by Gasteiger charge is 2.35. The number of benzene rings is 2. The Balaban J connectivity index is 2.00. The Hall–Kier alpha value is -3.57. The summed E-state index contributed by atoms with van der Waals surface area (Å²) in [6.07, 6.45) is 1.38. The van der Waals surface area contributed by atoms with Crippen molar-refractivity contribution in [2.45, 2.75) is 32.9 Å². The van der Waals surface area contributed by atoms with Crippen molar-refractivity contribution in [3.8, 4) is 23.0 Å². The molecule has 206 valence electrons. The van der Waals surface area contributed by atoms with Gasteiger partial charge in [0.15, 0.2) is 16.3 Å². The summed E-state index contributed by atoms with van der Waals surface area (Å²) >= 11 is 4.73. The van der Waals surface area contributed by atoms with Gasteiger partial charge < -0.3 is 23.7 Å². The van der Waals surface area contributed by atoms with E-state index < -0.39 is 12.0 Å². The predicted molar refractivity (Wildman–Crippen MR) is 152 cm³/mol. The largest absolute Gasteiger partial charge is 0.496 e. The van der Waals surface area contributed by atoms with Crippen molar-refractivity contribution in [2.75, 3.05) is 28.4 Å². The van der Waals surface area contributed by atoms with Crippen molar-refractivity contribution < 1.29 is 28.5 Å². The van der Waals surface area contributed by atoms with E-state index in [1.165, 1.54) is 37.2 Å². The lowest BCUT2D eigenvalue weighted by molar-refractivity contribution is -0.143. The molecule has 0 saturated carbocycles. The third kappa shape index (κ3) is 5.46.